The molecule has 3 aromatic carbocycles. The first-order chi connectivity index (χ1) is 14.4. The normalized spacial score (nSPS) is 14.9. The van der Waals surface area contributed by atoms with Crippen molar-refractivity contribution in [1.29, 1.82) is 0 Å². The zero-order valence-electron chi connectivity index (χ0n) is 17.1. The van der Waals surface area contributed by atoms with Crippen molar-refractivity contribution in [2.45, 2.75) is 6.92 Å². The highest BCUT2D eigenvalue weighted by Crippen LogP contribution is 2.29. The molecule has 0 atom stereocenters. The van der Waals surface area contributed by atoms with Crippen LogP contribution in [0.5, 0.6) is 0 Å². The van der Waals surface area contributed by atoms with Crippen molar-refractivity contribution >= 4 is 45.1 Å². The van der Waals surface area contributed by atoms with Crippen molar-refractivity contribution in [1.82, 2.24) is 0 Å². The second kappa shape index (κ2) is 8.28. The van der Waals surface area contributed by atoms with Gasteiger partial charge in [0.1, 0.15) is 11.5 Å². The number of nitrogens with zero attached hydrogens (tertiary/aromatic N) is 3. The molecule has 5 heteroatoms. The Kier molecular flexibility index (Phi) is 5.55. The summed E-state index contributed by atoms with van der Waals surface area (Å²) in [6, 6.07) is 23.8. The molecule has 0 radical (unpaired) electrons. The number of amidine groups is 1. The van der Waals surface area contributed by atoms with Gasteiger partial charge in [-0.15, -0.1) is 0 Å². The Morgan fingerprint density at radius 1 is 0.967 bits per heavy atom. The van der Waals surface area contributed by atoms with E-state index in [1.807, 2.05) is 105 Å². The first-order valence-corrected chi connectivity index (χ1v) is 10.5. The highest BCUT2D eigenvalue weighted by Gasteiger charge is 2.32. The fraction of sp³-hybridized carbons (Fsp3) is 0.120. The number of anilines is 2. The Balaban J connectivity index is 1.78. The molecule has 0 fully saturated rings. The molecule has 1 aliphatic heterocycles. The van der Waals surface area contributed by atoms with Gasteiger partial charge in [0.05, 0.1) is 5.69 Å². The smallest absolute Gasteiger partial charge is 0.282 e. The Labute approximate surface area is 185 Å². The number of benzene rings is 3. The van der Waals surface area contributed by atoms with Gasteiger partial charge >= 0.3 is 0 Å². The van der Waals surface area contributed by atoms with E-state index in [0.717, 1.165) is 32.5 Å². The molecule has 30 heavy (non-hydrogen) atoms. The molecule has 0 bridgehead atoms. The third-order valence-corrected chi connectivity index (χ3v) is 5.46. The summed E-state index contributed by atoms with van der Waals surface area (Å²) in [6.45, 7) is 2.02. The minimum atomic E-state index is -0.129. The van der Waals surface area contributed by atoms with Crippen LogP contribution in [0.2, 0.25) is 0 Å². The molecular formula is C25H22BrN3O. The lowest BCUT2D eigenvalue weighted by molar-refractivity contribution is -0.113. The minimum absolute atomic E-state index is 0.129. The third kappa shape index (κ3) is 4.07. The Morgan fingerprint density at radius 3 is 2.30 bits per heavy atom. The molecule has 0 N–H and O–H groups in total. The zero-order chi connectivity index (χ0) is 21.3. The van der Waals surface area contributed by atoms with Crippen LogP contribution >= 0.6 is 15.9 Å². The molecule has 0 spiro atoms. The van der Waals surface area contributed by atoms with Crippen LogP contribution in [0.3, 0.4) is 0 Å². The number of halogens is 1. The second-order valence-corrected chi connectivity index (χ2v) is 8.35. The summed E-state index contributed by atoms with van der Waals surface area (Å²) < 4.78 is 0.982. The summed E-state index contributed by atoms with van der Waals surface area (Å²) in [5.74, 6) is 0.504. The van der Waals surface area contributed by atoms with E-state index in [4.69, 9.17) is 4.99 Å². The molecule has 4 nitrogen and oxygen atoms in total. The van der Waals surface area contributed by atoms with Gasteiger partial charge in [0.2, 0.25) is 0 Å². The summed E-state index contributed by atoms with van der Waals surface area (Å²) in [5.41, 5.74) is 5.26. The molecule has 1 amide bonds. The van der Waals surface area contributed by atoms with Crippen molar-refractivity contribution in [3.8, 4) is 0 Å². The van der Waals surface area contributed by atoms with Gasteiger partial charge in [-0.05, 0) is 60.5 Å². The number of carbonyl (C=O) groups is 1. The average Bonchev–Trinajstić information content (AvgIpc) is 3.05. The first kappa shape index (κ1) is 20.1. The highest BCUT2D eigenvalue weighted by atomic mass is 79.9. The molecule has 3 aromatic rings. The lowest BCUT2D eigenvalue weighted by Gasteiger charge is -2.19. The SMILES string of the molecule is Cc1cccc(N2C(=O)/C(=C\c3ccc(N(C)C)cc3)N=C2c2ccc(Br)cc2)c1. The maximum Gasteiger partial charge on any atom is 0.282 e. The maximum atomic E-state index is 13.4. The van der Waals surface area contributed by atoms with Gasteiger partial charge in [-0.3, -0.25) is 9.69 Å². The van der Waals surface area contributed by atoms with Crippen molar-refractivity contribution in [3.63, 3.8) is 0 Å². The first-order valence-electron chi connectivity index (χ1n) is 9.67. The predicted molar refractivity (Wildman–Crippen MR) is 128 cm³/mol. The number of rotatable bonds is 4. The van der Waals surface area contributed by atoms with Gasteiger partial charge in [-0.1, -0.05) is 52.3 Å². The number of hydrogen-bond donors (Lipinski definition) is 0. The zero-order valence-corrected chi connectivity index (χ0v) is 18.7. The molecule has 0 saturated heterocycles. The Bertz CT molecular complexity index is 1150. The van der Waals surface area contributed by atoms with E-state index in [0.29, 0.717) is 11.5 Å². The van der Waals surface area contributed by atoms with Crippen molar-refractivity contribution < 1.29 is 4.79 Å². The average molecular weight is 460 g/mol. The molecule has 150 valence electrons. The Morgan fingerprint density at radius 2 is 1.67 bits per heavy atom. The molecule has 1 aliphatic rings. The molecule has 1 heterocycles. The van der Waals surface area contributed by atoms with E-state index in [-0.39, 0.29) is 5.91 Å². The van der Waals surface area contributed by atoms with Crippen LogP contribution in [-0.4, -0.2) is 25.8 Å². The van der Waals surface area contributed by atoms with Crippen molar-refractivity contribution in [2.24, 2.45) is 4.99 Å². The van der Waals surface area contributed by atoms with Gasteiger partial charge < -0.3 is 4.90 Å². The summed E-state index contributed by atoms with van der Waals surface area (Å²) in [7, 11) is 4.00. The number of carbonyl (C=O) groups excluding carboxylic acids is 1. The topological polar surface area (TPSA) is 35.9 Å². The van der Waals surface area contributed by atoms with Crippen molar-refractivity contribution in [3.05, 3.63) is 99.7 Å². The number of aryl methyl sites for hydroxylation is 1. The summed E-state index contributed by atoms with van der Waals surface area (Å²) in [6.07, 6.45) is 1.84. The largest absolute Gasteiger partial charge is 0.378 e. The molecule has 0 saturated carbocycles. The Hall–Kier alpha value is -3.18. The van der Waals surface area contributed by atoms with E-state index in [1.54, 1.807) is 4.90 Å². The monoisotopic (exact) mass is 459 g/mol. The standard InChI is InChI=1S/C25H22BrN3O/c1-17-5-4-6-22(15-17)29-24(19-9-11-20(26)12-10-19)27-23(25(29)30)16-18-7-13-21(14-8-18)28(2)3/h4-16H,1-3H3/b23-16+. The number of amides is 1. The van der Waals surface area contributed by atoms with Gasteiger partial charge in [0, 0.05) is 29.8 Å². The van der Waals surface area contributed by atoms with Crippen LogP contribution in [0.4, 0.5) is 11.4 Å². The number of aliphatic imine (C=N–C) groups is 1. The van der Waals surface area contributed by atoms with Gasteiger partial charge in [0.25, 0.3) is 5.91 Å². The fourth-order valence-corrected chi connectivity index (χ4v) is 3.61. The van der Waals surface area contributed by atoms with Crippen molar-refractivity contribution in [2.75, 3.05) is 23.9 Å². The van der Waals surface area contributed by atoms with E-state index in [2.05, 4.69) is 15.9 Å². The van der Waals surface area contributed by atoms with E-state index < -0.39 is 0 Å². The second-order valence-electron chi connectivity index (χ2n) is 7.44. The highest BCUT2D eigenvalue weighted by molar-refractivity contribution is 9.10. The summed E-state index contributed by atoms with van der Waals surface area (Å²) in [4.78, 5) is 21.8. The molecule has 4 rings (SSSR count). The third-order valence-electron chi connectivity index (χ3n) is 4.94. The van der Waals surface area contributed by atoms with Crippen LogP contribution in [0.1, 0.15) is 16.7 Å². The maximum absolute atomic E-state index is 13.4. The van der Waals surface area contributed by atoms with E-state index in [9.17, 15) is 4.79 Å². The summed E-state index contributed by atoms with van der Waals surface area (Å²) >= 11 is 3.47. The number of hydrogen-bond acceptors (Lipinski definition) is 3. The van der Waals surface area contributed by atoms with Gasteiger partial charge in [0.15, 0.2) is 0 Å². The van der Waals surface area contributed by atoms with Crippen LogP contribution in [-0.2, 0) is 4.79 Å². The van der Waals surface area contributed by atoms with E-state index in [1.165, 1.54) is 0 Å². The summed E-state index contributed by atoms with van der Waals surface area (Å²) in [5, 5.41) is 0. The minimum Gasteiger partial charge on any atom is -0.378 e. The molecule has 0 unspecified atom stereocenters. The lowest BCUT2D eigenvalue weighted by Crippen LogP contribution is -2.32. The van der Waals surface area contributed by atoms with Crippen LogP contribution in [0.25, 0.3) is 6.08 Å². The fourth-order valence-electron chi connectivity index (χ4n) is 3.34. The van der Waals surface area contributed by atoms with Crippen LogP contribution < -0.4 is 9.80 Å². The lowest BCUT2D eigenvalue weighted by atomic mass is 10.1. The van der Waals surface area contributed by atoms with Gasteiger partial charge in [-0.25, -0.2) is 4.99 Å². The quantitative estimate of drug-likeness (QED) is 0.472. The molecule has 0 aromatic heterocycles. The predicted octanol–water partition coefficient (Wildman–Crippen LogP) is 5.66. The molecule has 0 aliphatic carbocycles. The molecular weight excluding hydrogens is 438 g/mol. The van der Waals surface area contributed by atoms with Crippen LogP contribution in [0.15, 0.2) is 88.0 Å². The van der Waals surface area contributed by atoms with Gasteiger partial charge in [-0.2, -0.15) is 0 Å². The van der Waals surface area contributed by atoms with E-state index >= 15 is 0 Å². The van der Waals surface area contributed by atoms with Crippen LogP contribution in [0, 0.1) is 6.92 Å².